The zero-order chi connectivity index (χ0) is 17.6. The third-order valence-corrected chi connectivity index (χ3v) is 4.64. The van der Waals surface area contributed by atoms with E-state index in [1.54, 1.807) is 48.5 Å². The molecule has 0 aliphatic carbocycles. The summed E-state index contributed by atoms with van der Waals surface area (Å²) in [5.41, 5.74) is 0.770. The third-order valence-electron chi connectivity index (χ3n) is 4.38. The maximum Gasteiger partial charge on any atom is 0.340 e. The lowest BCUT2D eigenvalue weighted by molar-refractivity contribution is 0.0245. The SMILES string of the molecule is O=C1OC(c2ccc(Cl)cc2)(c2ccc(O)cc2O)c2ccccc21. The Morgan fingerprint density at radius 1 is 0.880 bits per heavy atom. The average molecular weight is 353 g/mol. The fourth-order valence-corrected chi connectivity index (χ4v) is 3.42. The van der Waals surface area contributed by atoms with Crippen LogP contribution in [-0.4, -0.2) is 16.2 Å². The van der Waals surface area contributed by atoms with Gasteiger partial charge in [-0.2, -0.15) is 0 Å². The molecule has 4 nitrogen and oxygen atoms in total. The number of aromatic hydroxyl groups is 2. The van der Waals surface area contributed by atoms with Gasteiger partial charge in [-0.1, -0.05) is 41.9 Å². The maximum atomic E-state index is 12.5. The van der Waals surface area contributed by atoms with Crippen LogP contribution in [0.1, 0.15) is 27.0 Å². The minimum absolute atomic E-state index is 0.0786. The second-order valence-corrected chi connectivity index (χ2v) is 6.26. The van der Waals surface area contributed by atoms with Crippen molar-refractivity contribution in [3.05, 3.63) is 94.0 Å². The summed E-state index contributed by atoms with van der Waals surface area (Å²) in [6.07, 6.45) is 0. The average Bonchev–Trinajstić information content (AvgIpc) is 2.90. The monoisotopic (exact) mass is 352 g/mol. The van der Waals surface area contributed by atoms with Crippen LogP contribution in [0.15, 0.2) is 66.7 Å². The minimum Gasteiger partial charge on any atom is -0.508 e. The summed E-state index contributed by atoms with van der Waals surface area (Å²) in [4.78, 5) is 12.5. The highest BCUT2D eigenvalue weighted by Crippen LogP contribution is 2.50. The van der Waals surface area contributed by atoms with Gasteiger partial charge in [0.25, 0.3) is 0 Å². The number of hydrogen-bond donors (Lipinski definition) is 2. The summed E-state index contributed by atoms with van der Waals surface area (Å²) in [7, 11) is 0. The van der Waals surface area contributed by atoms with Gasteiger partial charge in [-0.15, -0.1) is 0 Å². The molecule has 0 radical (unpaired) electrons. The molecular weight excluding hydrogens is 340 g/mol. The highest BCUT2D eigenvalue weighted by Gasteiger charge is 2.49. The van der Waals surface area contributed by atoms with Crippen molar-refractivity contribution >= 4 is 17.6 Å². The zero-order valence-corrected chi connectivity index (χ0v) is 13.7. The lowest BCUT2D eigenvalue weighted by atomic mass is 9.79. The van der Waals surface area contributed by atoms with Crippen molar-refractivity contribution in [2.45, 2.75) is 5.60 Å². The number of phenolic OH excluding ortho intramolecular Hbond substituents is 2. The van der Waals surface area contributed by atoms with Crippen molar-refractivity contribution in [3.63, 3.8) is 0 Å². The summed E-state index contributed by atoms with van der Waals surface area (Å²) in [6.45, 7) is 0. The van der Waals surface area contributed by atoms with E-state index in [4.69, 9.17) is 16.3 Å². The van der Waals surface area contributed by atoms with Gasteiger partial charge in [0.1, 0.15) is 11.5 Å². The second kappa shape index (κ2) is 5.53. The van der Waals surface area contributed by atoms with Crippen LogP contribution in [0, 0.1) is 0 Å². The van der Waals surface area contributed by atoms with Gasteiger partial charge in [0.05, 0.1) is 5.56 Å². The van der Waals surface area contributed by atoms with Gasteiger partial charge in [-0.3, -0.25) is 0 Å². The predicted molar refractivity (Wildman–Crippen MR) is 93.0 cm³/mol. The normalized spacial score (nSPS) is 18.7. The first-order valence-corrected chi connectivity index (χ1v) is 8.01. The van der Waals surface area contributed by atoms with Crippen LogP contribution in [0.4, 0.5) is 0 Å². The highest BCUT2D eigenvalue weighted by atomic mass is 35.5. The molecule has 5 heteroatoms. The standard InChI is InChI=1S/C20H13ClO4/c21-13-7-5-12(6-8-13)20(17-10-9-14(22)11-18(17)23)16-4-2-1-3-15(16)19(24)25-20/h1-11,22-23H. The Kier molecular flexibility index (Phi) is 3.44. The number of carbonyl (C=O) groups is 1. The number of benzene rings is 3. The van der Waals surface area contributed by atoms with Gasteiger partial charge in [0.2, 0.25) is 0 Å². The molecular formula is C20H13ClO4. The number of ether oxygens (including phenoxy) is 1. The molecule has 1 atom stereocenters. The van der Waals surface area contributed by atoms with Gasteiger partial charge >= 0.3 is 5.97 Å². The number of cyclic esters (lactones) is 1. The molecule has 1 heterocycles. The van der Waals surface area contributed by atoms with E-state index in [2.05, 4.69) is 0 Å². The number of hydrogen-bond acceptors (Lipinski definition) is 4. The van der Waals surface area contributed by atoms with Crippen molar-refractivity contribution in [1.29, 1.82) is 0 Å². The van der Waals surface area contributed by atoms with E-state index in [1.807, 2.05) is 6.07 Å². The summed E-state index contributed by atoms with van der Waals surface area (Å²) < 4.78 is 5.83. The summed E-state index contributed by atoms with van der Waals surface area (Å²) >= 11 is 6.00. The molecule has 0 amide bonds. The Bertz CT molecular complexity index is 981. The van der Waals surface area contributed by atoms with E-state index in [-0.39, 0.29) is 11.5 Å². The van der Waals surface area contributed by atoms with Crippen molar-refractivity contribution in [1.82, 2.24) is 0 Å². The van der Waals surface area contributed by atoms with E-state index >= 15 is 0 Å². The Hall–Kier alpha value is -2.98. The molecule has 0 saturated carbocycles. The van der Waals surface area contributed by atoms with E-state index in [0.717, 1.165) is 0 Å². The summed E-state index contributed by atoms with van der Waals surface area (Å²) in [5.74, 6) is -0.720. The molecule has 3 aromatic rings. The highest BCUT2D eigenvalue weighted by molar-refractivity contribution is 6.30. The van der Waals surface area contributed by atoms with E-state index in [9.17, 15) is 15.0 Å². The smallest absolute Gasteiger partial charge is 0.340 e. The second-order valence-electron chi connectivity index (χ2n) is 5.82. The number of esters is 1. The lowest BCUT2D eigenvalue weighted by Gasteiger charge is -2.30. The van der Waals surface area contributed by atoms with Gasteiger partial charge in [0.15, 0.2) is 5.60 Å². The number of halogens is 1. The lowest BCUT2D eigenvalue weighted by Crippen LogP contribution is -2.29. The maximum absolute atomic E-state index is 12.5. The zero-order valence-electron chi connectivity index (χ0n) is 12.9. The molecule has 4 rings (SSSR count). The third kappa shape index (κ3) is 2.26. The van der Waals surface area contributed by atoms with Crippen LogP contribution < -0.4 is 0 Å². The molecule has 1 unspecified atom stereocenters. The largest absolute Gasteiger partial charge is 0.508 e. The topological polar surface area (TPSA) is 66.8 Å². The molecule has 0 spiro atoms. The molecule has 124 valence electrons. The predicted octanol–water partition coefficient (Wildman–Crippen LogP) is 4.21. The number of phenols is 2. The molecule has 0 fully saturated rings. The summed E-state index contributed by atoms with van der Waals surface area (Å²) in [6, 6.07) is 18.2. The van der Waals surface area contributed by atoms with Gasteiger partial charge in [-0.05, 0) is 30.3 Å². The fourth-order valence-electron chi connectivity index (χ4n) is 3.29. The van der Waals surface area contributed by atoms with Crippen molar-refractivity contribution < 1.29 is 19.7 Å². The Balaban J connectivity index is 2.07. The first kappa shape index (κ1) is 15.5. The fraction of sp³-hybridized carbons (Fsp3) is 0.0500. The Morgan fingerprint density at radius 3 is 2.32 bits per heavy atom. The van der Waals surface area contributed by atoms with Crippen molar-refractivity contribution in [2.24, 2.45) is 0 Å². The van der Waals surface area contributed by atoms with Crippen LogP contribution in [0.3, 0.4) is 0 Å². The molecule has 0 bridgehead atoms. The summed E-state index contributed by atoms with van der Waals surface area (Å²) in [5, 5.41) is 20.6. The quantitative estimate of drug-likeness (QED) is 0.678. The van der Waals surface area contributed by atoms with Gasteiger partial charge < -0.3 is 14.9 Å². The van der Waals surface area contributed by atoms with Crippen molar-refractivity contribution in [2.75, 3.05) is 0 Å². The molecule has 0 saturated heterocycles. The molecule has 25 heavy (non-hydrogen) atoms. The van der Waals surface area contributed by atoms with Crippen LogP contribution in [0.25, 0.3) is 0 Å². The van der Waals surface area contributed by atoms with Gasteiger partial charge in [-0.25, -0.2) is 4.79 Å². The number of fused-ring (bicyclic) bond motifs is 1. The Labute approximate surface area is 148 Å². The Morgan fingerprint density at radius 2 is 1.60 bits per heavy atom. The van der Waals surface area contributed by atoms with Gasteiger partial charge in [0, 0.05) is 27.8 Å². The van der Waals surface area contributed by atoms with Crippen LogP contribution >= 0.6 is 11.6 Å². The van der Waals surface area contributed by atoms with E-state index in [1.165, 1.54) is 12.1 Å². The van der Waals surface area contributed by atoms with E-state index in [0.29, 0.717) is 27.3 Å². The number of rotatable bonds is 2. The number of carbonyl (C=O) groups excluding carboxylic acids is 1. The molecule has 1 aliphatic rings. The van der Waals surface area contributed by atoms with Crippen LogP contribution in [-0.2, 0) is 10.3 Å². The van der Waals surface area contributed by atoms with Crippen LogP contribution in [0.2, 0.25) is 5.02 Å². The molecule has 1 aliphatic heterocycles. The molecule has 2 N–H and O–H groups in total. The first-order valence-electron chi connectivity index (χ1n) is 7.64. The molecule has 0 aromatic heterocycles. The molecule has 3 aromatic carbocycles. The minimum atomic E-state index is -1.31. The van der Waals surface area contributed by atoms with Crippen molar-refractivity contribution in [3.8, 4) is 11.5 Å². The first-order chi connectivity index (χ1) is 12.0. The van der Waals surface area contributed by atoms with E-state index < -0.39 is 11.6 Å². The van der Waals surface area contributed by atoms with Crippen LogP contribution in [0.5, 0.6) is 11.5 Å².